The van der Waals surface area contributed by atoms with Crippen molar-refractivity contribution in [2.75, 3.05) is 29.9 Å². The third kappa shape index (κ3) is 5.48. The Morgan fingerprint density at radius 2 is 1.67 bits per heavy atom. The molecular weight excluding hydrogens is 424 g/mol. The summed E-state index contributed by atoms with van der Waals surface area (Å²) in [5.41, 5.74) is 2.28. The number of hydrogen-bond acceptors (Lipinski definition) is 9. The van der Waals surface area contributed by atoms with Gasteiger partial charge in [-0.05, 0) is 45.7 Å². The van der Waals surface area contributed by atoms with Gasteiger partial charge in [-0.25, -0.2) is 19.9 Å². The van der Waals surface area contributed by atoms with Crippen LogP contribution in [0.1, 0.15) is 29.9 Å². The Labute approximate surface area is 191 Å². The molecule has 3 aromatic rings. The highest BCUT2D eigenvalue weighted by Crippen LogP contribution is 2.21. The highest BCUT2D eigenvalue weighted by molar-refractivity contribution is 5.92. The summed E-state index contributed by atoms with van der Waals surface area (Å²) in [4.78, 5) is 44.2. The number of aromatic nitrogens is 6. The fourth-order valence-electron chi connectivity index (χ4n) is 3.75. The normalized spacial score (nSPS) is 14.2. The van der Waals surface area contributed by atoms with Gasteiger partial charge in [-0.15, -0.1) is 0 Å². The van der Waals surface area contributed by atoms with E-state index >= 15 is 0 Å². The fourth-order valence-corrected chi connectivity index (χ4v) is 3.75. The first-order valence-corrected chi connectivity index (χ1v) is 10.8. The molecule has 33 heavy (non-hydrogen) atoms. The zero-order valence-corrected chi connectivity index (χ0v) is 18.9. The minimum Gasteiger partial charge on any atom is -0.455 e. The number of esters is 1. The van der Waals surface area contributed by atoms with Gasteiger partial charge in [-0.3, -0.25) is 9.59 Å². The fraction of sp³-hybridized carbons (Fsp3) is 0.409. The maximum absolute atomic E-state index is 12.5. The molecule has 1 aliphatic heterocycles. The van der Waals surface area contributed by atoms with Crippen molar-refractivity contribution in [1.29, 1.82) is 0 Å². The van der Waals surface area contributed by atoms with Gasteiger partial charge in [0.15, 0.2) is 6.61 Å². The van der Waals surface area contributed by atoms with Crippen molar-refractivity contribution in [2.45, 2.75) is 33.6 Å². The molecule has 1 N–H and O–H groups in total. The van der Waals surface area contributed by atoms with Crippen LogP contribution in [0, 0.1) is 26.7 Å². The summed E-state index contributed by atoms with van der Waals surface area (Å²) in [5.74, 6) is 0.347. The molecule has 0 saturated carbocycles. The van der Waals surface area contributed by atoms with Crippen LogP contribution in [-0.4, -0.2) is 61.3 Å². The standard InChI is InChI=1S/C22H26N8O3/c1-14-11-15(2)26-22(25-14)30-18(12-16(3)28-30)27-19(31)13-33-20(32)17-5-9-29(10-6-17)21-23-7-4-8-24-21/h4,7-8,11-12,17H,5-6,9-10,13H2,1-3H3,(H,27,31). The average Bonchev–Trinajstić information content (AvgIpc) is 3.17. The number of carbonyl (C=O) groups is 2. The van der Waals surface area contributed by atoms with Crippen LogP contribution in [0.4, 0.5) is 11.8 Å². The Balaban J connectivity index is 1.31. The second-order valence-corrected chi connectivity index (χ2v) is 8.00. The summed E-state index contributed by atoms with van der Waals surface area (Å²) in [6.45, 7) is 6.47. The molecule has 0 bridgehead atoms. The van der Waals surface area contributed by atoms with Gasteiger partial charge >= 0.3 is 5.97 Å². The van der Waals surface area contributed by atoms with Crippen molar-refractivity contribution in [1.82, 2.24) is 29.7 Å². The van der Waals surface area contributed by atoms with Crippen molar-refractivity contribution in [3.05, 3.63) is 47.7 Å². The molecule has 4 rings (SSSR count). The molecule has 11 nitrogen and oxygen atoms in total. The van der Waals surface area contributed by atoms with Crippen LogP contribution in [0.25, 0.3) is 5.95 Å². The van der Waals surface area contributed by atoms with E-state index in [1.165, 1.54) is 4.68 Å². The maximum atomic E-state index is 12.5. The number of nitrogens with zero attached hydrogens (tertiary/aromatic N) is 7. The van der Waals surface area contributed by atoms with Gasteiger partial charge < -0.3 is 15.0 Å². The summed E-state index contributed by atoms with van der Waals surface area (Å²) in [7, 11) is 0. The lowest BCUT2D eigenvalue weighted by Gasteiger charge is -2.30. The van der Waals surface area contributed by atoms with Gasteiger partial charge in [0.2, 0.25) is 5.95 Å². The second kappa shape index (κ2) is 9.72. The molecule has 1 aliphatic rings. The first-order valence-electron chi connectivity index (χ1n) is 10.8. The molecule has 4 heterocycles. The Morgan fingerprint density at radius 1 is 1.00 bits per heavy atom. The molecule has 3 aromatic heterocycles. The predicted octanol–water partition coefficient (Wildman–Crippen LogP) is 1.78. The van der Waals surface area contributed by atoms with E-state index in [2.05, 4.69) is 30.4 Å². The lowest BCUT2D eigenvalue weighted by Crippen LogP contribution is -2.38. The van der Waals surface area contributed by atoms with Gasteiger partial charge in [0.05, 0.1) is 11.6 Å². The largest absolute Gasteiger partial charge is 0.455 e. The van der Waals surface area contributed by atoms with E-state index < -0.39 is 5.91 Å². The van der Waals surface area contributed by atoms with Crippen LogP contribution in [-0.2, 0) is 14.3 Å². The molecule has 172 valence electrons. The van der Waals surface area contributed by atoms with E-state index in [9.17, 15) is 9.59 Å². The summed E-state index contributed by atoms with van der Waals surface area (Å²) in [5, 5.41) is 7.11. The van der Waals surface area contributed by atoms with Gasteiger partial charge in [0.1, 0.15) is 5.82 Å². The van der Waals surface area contributed by atoms with E-state index in [4.69, 9.17) is 4.74 Å². The molecule has 0 unspecified atom stereocenters. The molecule has 1 saturated heterocycles. The Kier molecular flexibility index (Phi) is 6.57. The Morgan fingerprint density at radius 3 is 2.33 bits per heavy atom. The number of hydrogen-bond donors (Lipinski definition) is 1. The SMILES string of the molecule is Cc1cc(C)nc(-n2nc(C)cc2NC(=O)COC(=O)C2CCN(c3ncccn3)CC2)n1. The number of aryl methyl sites for hydroxylation is 3. The van der Waals surface area contributed by atoms with Crippen molar-refractivity contribution >= 4 is 23.6 Å². The monoisotopic (exact) mass is 450 g/mol. The topological polar surface area (TPSA) is 128 Å². The van der Waals surface area contributed by atoms with E-state index in [0.717, 1.165) is 11.4 Å². The molecule has 0 spiro atoms. The summed E-state index contributed by atoms with van der Waals surface area (Å²) < 4.78 is 6.75. The number of amides is 1. The number of rotatable bonds is 6. The molecule has 11 heteroatoms. The lowest BCUT2D eigenvalue weighted by molar-refractivity contribution is -0.152. The van der Waals surface area contributed by atoms with E-state index in [-0.39, 0.29) is 18.5 Å². The zero-order chi connectivity index (χ0) is 23.4. The molecule has 0 aromatic carbocycles. The molecule has 0 radical (unpaired) electrons. The van der Waals surface area contributed by atoms with Gasteiger partial charge in [-0.1, -0.05) is 0 Å². The van der Waals surface area contributed by atoms with Crippen molar-refractivity contribution in [2.24, 2.45) is 5.92 Å². The van der Waals surface area contributed by atoms with Crippen LogP contribution in [0.15, 0.2) is 30.6 Å². The number of carbonyl (C=O) groups excluding carboxylic acids is 2. The average molecular weight is 451 g/mol. The first kappa shape index (κ1) is 22.3. The van der Waals surface area contributed by atoms with Crippen molar-refractivity contribution in [3.8, 4) is 5.95 Å². The van der Waals surface area contributed by atoms with E-state index in [1.54, 1.807) is 24.5 Å². The highest BCUT2D eigenvalue weighted by Gasteiger charge is 2.27. The minimum atomic E-state index is -0.455. The van der Waals surface area contributed by atoms with Gasteiger partial charge in [-0.2, -0.15) is 9.78 Å². The molecule has 0 aliphatic carbocycles. The van der Waals surface area contributed by atoms with Crippen LogP contribution in [0.5, 0.6) is 0 Å². The zero-order valence-electron chi connectivity index (χ0n) is 18.9. The molecule has 1 amide bonds. The van der Waals surface area contributed by atoms with Crippen LogP contribution >= 0.6 is 0 Å². The Hall–Kier alpha value is -3.89. The molecular formula is C22H26N8O3. The van der Waals surface area contributed by atoms with Crippen molar-refractivity contribution in [3.63, 3.8) is 0 Å². The lowest BCUT2D eigenvalue weighted by atomic mass is 9.97. The molecule has 0 atom stereocenters. The third-order valence-corrected chi connectivity index (χ3v) is 5.27. The second-order valence-electron chi connectivity index (χ2n) is 8.00. The Bertz CT molecular complexity index is 1120. The number of piperidine rings is 1. The smallest absolute Gasteiger partial charge is 0.309 e. The first-order chi connectivity index (χ1) is 15.9. The number of nitrogens with one attached hydrogen (secondary N) is 1. The minimum absolute atomic E-state index is 0.255. The van der Waals surface area contributed by atoms with Crippen LogP contribution in [0.3, 0.4) is 0 Å². The summed E-state index contributed by atoms with van der Waals surface area (Å²) in [6, 6.07) is 5.33. The summed E-state index contributed by atoms with van der Waals surface area (Å²) in [6.07, 6.45) is 4.63. The van der Waals surface area contributed by atoms with E-state index in [0.29, 0.717) is 49.3 Å². The van der Waals surface area contributed by atoms with E-state index in [1.807, 2.05) is 31.7 Å². The third-order valence-electron chi connectivity index (χ3n) is 5.27. The number of ether oxygens (including phenoxy) is 1. The van der Waals surface area contributed by atoms with Gasteiger partial charge in [0.25, 0.3) is 11.9 Å². The van der Waals surface area contributed by atoms with Crippen LogP contribution in [0.2, 0.25) is 0 Å². The van der Waals surface area contributed by atoms with Crippen molar-refractivity contribution < 1.29 is 14.3 Å². The maximum Gasteiger partial charge on any atom is 0.309 e. The highest BCUT2D eigenvalue weighted by atomic mass is 16.5. The number of anilines is 2. The predicted molar refractivity (Wildman–Crippen MR) is 120 cm³/mol. The summed E-state index contributed by atoms with van der Waals surface area (Å²) >= 11 is 0. The van der Waals surface area contributed by atoms with Crippen LogP contribution < -0.4 is 10.2 Å². The quantitative estimate of drug-likeness (QED) is 0.559. The molecule has 1 fully saturated rings. The van der Waals surface area contributed by atoms with Gasteiger partial charge in [0, 0.05) is 42.9 Å².